The second-order valence-corrected chi connectivity index (χ2v) is 5.57. The summed E-state index contributed by atoms with van der Waals surface area (Å²) in [4.78, 5) is 17.0. The smallest absolute Gasteiger partial charge is 0.239 e. The molecule has 0 spiro atoms. The molecule has 114 valence electrons. The highest BCUT2D eigenvalue weighted by atomic mass is 16.3. The van der Waals surface area contributed by atoms with Gasteiger partial charge in [0.05, 0.1) is 12.1 Å². The predicted molar refractivity (Wildman–Crippen MR) is 83.9 cm³/mol. The van der Waals surface area contributed by atoms with Crippen molar-refractivity contribution in [2.45, 2.75) is 31.9 Å². The molecule has 1 heterocycles. The minimum Gasteiger partial charge on any atom is -0.393 e. The van der Waals surface area contributed by atoms with Gasteiger partial charge in [0.25, 0.3) is 0 Å². The van der Waals surface area contributed by atoms with Gasteiger partial charge in [-0.05, 0) is 31.4 Å². The van der Waals surface area contributed by atoms with E-state index < -0.39 is 12.1 Å². The molecular weight excluding hydrogens is 266 g/mol. The molecule has 0 bridgehead atoms. The first kappa shape index (κ1) is 15.5. The van der Waals surface area contributed by atoms with Gasteiger partial charge in [-0.2, -0.15) is 0 Å². The molecule has 4 N–H and O–H groups in total. The van der Waals surface area contributed by atoms with Crippen LogP contribution in [0.2, 0.25) is 0 Å². The van der Waals surface area contributed by atoms with Crippen molar-refractivity contribution in [2.24, 2.45) is 5.73 Å². The fourth-order valence-electron chi connectivity index (χ4n) is 2.40. The van der Waals surface area contributed by atoms with Gasteiger partial charge in [0, 0.05) is 30.7 Å². The molecule has 1 amide bonds. The number of nitrogens with two attached hydrogens (primary N) is 1. The Morgan fingerprint density at radius 1 is 1.43 bits per heavy atom. The molecule has 1 aromatic carbocycles. The van der Waals surface area contributed by atoms with Gasteiger partial charge >= 0.3 is 0 Å². The van der Waals surface area contributed by atoms with Crippen LogP contribution in [0.4, 0.5) is 0 Å². The van der Waals surface area contributed by atoms with E-state index in [9.17, 15) is 9.90 Å². The van der Waals surface area contributed by atoms with E-state index in [4.69, 9.17) is 5.73 Å². The zero-order valence-corrected chi connectivity index (χ0v) is 12.5. The van der Waals surface area contributed by atoms with Crippen molar-refractivity contribution in [3.8, 4) is 0 Å². The summed E-state index contributed by atoms with van der Waals surface area (Å²) in [6.45, 7) is 2.22. The lowest BCUT2D eigenvalue weighted by Crippen LogP contribution is -2.43. The Labute approximate surface area is 124 Å². The normalized spacial score (nSPS) is 14.1. The first-order chi connectivity index (χ1) is 9.99. The lowest BCUT2D eigenvalue weighted by Gasteiger charge is -2.21. The number of hydrogen-bond donors (Lipinski definition) is 3. The van der Waals surface area contributed by atoms with Crippen LogP contribution in [-0.4, -0.2) is 46.6 Å². The van der Waals surface area contributed by atoms with Gasteiger partial charge in [0.15, 0.2) is 0 Å². The summed E-state index contributed by atoms with van der Waals surface area (Å²) in [6.07, 6.45) is 2.56. The maximum absolute atomic E-state index is 12.2. The van der Waals surface area contributed by atoms with Crippen LogP contribution in [0.25, 0.3) is 10.9 Å². The Morgan fingerprint density at radius 3 is 2.86 bits per heavy atom. The van der Waals surface area contributed by atoms with E-state index in [0.717, 1.165) is 16.5 Å². The minimum atomic E-state index is -0.566. The Kier molecular flexibility index (Phi) is 4.98. The third-order valence-electron chi connectivity index (χ3n) is 3.69. The SMILES string of the molecule is CC(O)CCN(C)C(=O)[C@H](N)Cc1c[nH]c2ccccc12. The average Bonchev–Trinajstić information content (AvgIpc) is 2.87. The van der Waals surface area contributed by atoms with Gasteiger partial charge in [0.1, 0.15) is 0 Å². The number of aliphatic hydroxyl groups excluding tert-OH is 1. The number of carbonyl (C=O) groups is 1. The first-order valence-corrected chi connectivity index (χ1v) is 7.22. The number of aromatic nitrogens is 1. The molecule has 0 fully saturated rings. The van der Waals surface area contributed by atoms with Gasteiger partial charge in [-0.15, -0.1) is 0 Å². The number of H-pyrrole nitrogens is 1. The number of aliphatic hydroxyl groups is 1. The Morgan fingerprint density at radius 2 is 2.14 bits per heavy atom. The van der Waals surface area contributed by atoms with Crippen LogP contribution in [0.5, 0.6) is 0 Å². The zero-order chi connectivity index (χ0) is 15.4. The van der Waals surface area contributed by atoms with Crippen LogP contribution in [0.15, 0.2) is 30.5 Å². The van der Waals surface area contributed by atoms with E-state index in [2.05, 4.69) is 4.98 Å². The van der Waals surface area contributed by atoms with E-state index >= 15 is 0 Å². The summed E-state index contributed by atoms with van der Waals surface area (Å²) in [5.74, 6) is -0.0964. The molecule has 1 aromatic heterocycles. The van der Waals surface area contributed by atoms with Gasteiger partial charge in [-0.25, -0.2) is 0 Å². The standard InChI is InChI=1S/C16H23N3O2/c1-11(20)7-8-19(2)16(21)14(17)9-12-10-18-15-6-4-3-5-13(12)15/h3-6,10-11,14,18,20H,7-9,17H2,1-2H3/t11?,14-/m1/s1. The molecular formula is C16H23N3O2. The quantitative estimate of drug-likeness (QED) is 0.749. The molecule has 1 unspecified atom stereocenters. The Hall–Kier alpha value is -1.85. The average molecular weight is 289 g/mol. The largest absolute Gasteiger partial charge is 0.393 e. The fraction of sp³-hybridized carbons (Fsp3) is 0.438. The Balaban J connectivity index is 2.00. The number of aromatic amines is 1. The highest BCUT2D eigenvalue weighted by molar-refractivity contribution is 5.86. The second-order valence-electron chi connectivity index (χ2n) is 5.57. The number of hydrogen-bond acceptors (Lipinski definition) is 3. The van der Waals surface area contributed by atoms with Crippen LogP contribution in [0.3, 0.4) is 0 Å². The molecule has 5 nitrogen and oxygen atoms in total. The molecule has 0 saturated heterocycles. The maximum Gasteiger partial charge on any atom is 0.239 e. The molecule has 0 aliphatic heterocycles. The third-order valence-corrected chi connectivity index (χ3v) is 3.69. The van der Waals surface area contributed by atoms with Crippen molar-refractivity contribution in [1.29, 1.82) is 0 Å². The van der Waals surface area contributed by atoms with Crippen LogP contribution >= 0.6 is 0 Å². The van der Waals surface area contributed by atoms with E-state index in [1.54, 1.807) is 18.9 Å². The lowest BCUT2D eigenvalue weighted by atomic mass is 10.0. The number of para-hydroxylation sites is 1. The topological polar surface area (TPSA) is 82.3 Å². The molecule has 2 atom stereocenters. The van der Waals surface area contributed by atoms with Crippen LogP contribution < -0.4 is 5.73 Å². The lowest BCUT2D eigenvalue weighted by molar-refractivity contribution is -0.131. The number of carbonyl (C=O) groups excluding carboxylic acids is 1. The third kappa shape index (κ3) is 3.83. The molecule has 0 aliphatic carbocycles. The highest BCUT2D eigenvalue weighted by Crippen LogP contribution is 2.19. The summed E-state index contributed by atoms with van der Waals surface area (Å²) in [5, 5.41) is 10.4. The van der Waals surface area contributed by atoms with Crippen molar-refractivity contribution < 1.29 is 9.90 Å². The van der Waals surface area contributed by atoms with Gasteiger partial charge in [-0.3, -0.25) is 4.79 Å². The molecule has 2 aromatic rings. The summed E-state index contributed by atoms with van der Waals surface area (Å²) in [7, 11) is 1.72. The van der Waals surface area contributed by atoms with Crippen molar-refractivity contribution >= 4 is 16.8 Å². The summed E-state index contributed by atoms with van der Waals surface area (Å²) >= 11 is 0. The van der Waals surface area contributed by atoms with Crippen LogP contribution in [0.1, 0.15) is 18.9 Å². The zero-order valence-electron chi connectivity index (χ0n) is 12.5. The van der Waals surface area contributed by atoms with E-state index in [-0.39, 0.29) is 5.91 Å². The van der Waals surface area contributed by atoms with Crippen LogP contribution in [0, 0.1) is 0 Å². The van der Waals surface area contributed by atoms with E-state index in [0.29, 0.717) is 19.4 Å². The second kappa shape index (κ2) is 6.74. The summed E-state index contributed by atoms with van der Waals surface area (Å²) < 4.78 is 0. The number of nitrogens with zero attached hydrogens (tertiary/aromatic N) is 1. The number of nitrogens with one attached hydrogen (secondary N) is 1. The molecule has 0 radical (unpaired) electrons. The van der Waals surface area contributed by atoms with Gasteiger partial charge in [-0.1, -0.05) is 18.2 Å². The van der Waals surface area contributed by atoms with E-state index in [1.807, 2.05) is 30.5 Å². The van der Waals surface area contributed by atoms with Crippen molar-refractivity contribution in [3.63, 3.8) is 0 Å². The van der Waals surface area contributed by atoms with E-state index in [1.165, 1.54) is 0 Å². The number of rotatable bonds is 6. The van der Waals surface area contributed by atoms with Crippen molar-refractivity contribution in [1.82, 2.24) is 9.88 Å². The molecule has 2 rings (SSSR count). The number of fused-ring (bicyclic) bond motifs is 1. The maximum atomic E-state index is 12.2. The molecule has 0 saturated carbocycles. The first-order valence-electron chi connectivity index (χ1n) is 7.22. The molecule has 5 heteroatoms. The summed E-state index contributed by atoms with van der Waals surface area (Å²) in [6, 6.07) is 7.40. The summed E-state index contributed by atoms with van der Waals surface area (Å²) in [5.41, 5.74) is 8.14. The number of benzene rings is 1. The Bertz CT molecular complexity index is 606. The number of likely N-dealkylation sites (N-methyl/N-ethyl adjacent to an activating group) is 1. The minimum absolute atomic E-state index is 0.0964. The van der Waals surface area contributed by atoms with Crippen molar-refractivity contribution in [3.05, 3.63) is 36.0 Å². The van der Waals surface area contributed by atoms with Crippen molar-refractivity contribution in [2.75, 3.05) is 13.6 Å². The highest BCUT2D eigenvalue weighted by Gasteiger charge is 2.19. The van der Waals surface area contributed by atoms with Gasteiger partial charge in [0.2, 0.25) is 5.91 Å². The molecule has 0 aliphatic rings. The molecule has 21 heavy (non-hydrogen) atoms. The predicted octanol–water partition coefficient (Wildman–Crippen LogP) is 1.27. The monoisotopic (exact) mass is 289 g/mol. The fourth-order valence-corrected chi connectivity index (χ4v) is 2.40. The van der Waals surface area contributed by atoms with Gasteiger partial charge < -0.3 is 20.7 Å². The number of amides is 1. The van der Waals surface area contributed by atoms with Crippen LogP contribution in [-0.2, 0) is 11.2 Å².